The molecule has 2 aromatic carbocycles. The monoisotopic (exact) mass is 391 g/mol. The molecule has 144 valence electrons. The molecule has 1 unspecified atom stereocenters. The maximum Gasteiger partial charge on any atom is 0.266 e. The minimum atomic E-state index is -0.437. The van der Waals surface area contributed by atoms with Crippen LogP contribution in [-0.2, 0) is 10.2 Å². The van der Waals surface area contributed by atoms with Gasteiger partial charge in [-0.25, -0.2) is 0 Å². The maximum absolute atomic E-state index is 12.5. The van der Waals surface area contributed by atoms with Gasteiger partial charge in [-0.2, -0.15) is 5.26 Å². The second-order valence-electron chi connectivity index (χ2n) is 8.20. The third-order valence-electron chi connectivity index (χ3n) is 5.18. The zero-order valence-electron chi connectivity index (χ0n) is 16.9. The Labute approximate surface area is 172 Å². The summed E-state index contributed by atoms with van der Waals surface area (Å²) in [6.07, 6.45) is -0.437. The molecule has 2 aromatic rings. The fraction of sp³-hybridized carbons (Fsp3) is 0.304. The summed E-state index contributed by atoms with van der Waals surface area (Å²) in [4.78, 5) is 14.4. The lowest BCUT2D eigenvalue weighted by Crippen LogP contribution is -2.46. The molecule has 0 spiro atoms. The van der Waals surface area contributed by atoms with Gasteiger partial charge in [0.15, 0.2) is 0 Å². The average molecular weight is 392 g/mol. The molecular weight excluding hydrogens is 366 g/mol. The van der Waals surface area contributed by atoms with Gasteiger partial charge in [-0.05, 0) is 53.6 Å². The SMILES string of the molecule is Cc1ccc(N2C(S)=C(C#N)C(=O)NC2c2ccc(C(C)(C)C)cc2)cc1C. The number of benzene rings is 2. The van der Waals surface area contributed by atoms with Crippen molar-refractivity contribution in [1.82, 2.24) is 5.32 Å². The summed E-state index contributed by atoms with van der Waals surface area (Å²) >= 11 is 4.56. The topological polar surface area (TPSA) is 56.1 Å². The Morgan fingerprint density at radius 2 is 1.71 bits per heavy atom. The fourth-order valence-electron chi connectivity index (χ4n) is 3.25. The summed E-state index contributed by atoms with van der Waals surface area (Å²) < 4.78 is 0. The van der Waals surface area contributed by atoms with E-state index in [2.05, 4.69) is 63.8 Å². The molecule has 1 aliphatic heterocycles. The number of nitriles is 1. The number of nitrogens with zero attached hydrogens (tertiary/aromatic N) is 2. The lowest BCUT2D eigenvalue weighted by Gasteiger charge is -2.38. The number of thiol groups is 1. The number of amides is 1. The number of rotatable bonds is 2. The summed E-state index contributed by atoms with van der Waals surface area (Å²) in [5.74, 6) is -0.405. The molecule has 4 nitrogen and oxygen atoms in total. The first-order chi connectivity index (χ1) is 13.1. The van der Waals surface area contributed by atoms with Gasteiger partial charge in [0.25, 0.3) is 5.91 Å². The molecule has 1 heterocycles. The molecule has 1 amide bonds. The predicted octanol–water partition coefficient (Wildman–Crippen LogP) is 4.90. The van der Waals surface area contributed by atoms with Gasteiger partial charge in [0, 0.05) is 5.69 Å². The number of hydrogen-bond donors (Lipinski definition) is 2. The Morgan fingerprint density at radius 1 is 1.07 bits per heavy atom. The zero-order chi connectivity index (χ0) is 20.6. The highest BCUT2D eigenvalue weighted by atomic mass is 32.1. The van der Waals surface area contributed by atoms with Crippen molar-refractivity contribution in [3.05, 3.63) is 75.3 Å². The summed E-state index contributed by atoms with van der Waals surface area (Å²) in [7, 11) is 0. The molecule has 0 aliphatic carbocycles. The number of nitrogens with one attached hydrogen (secondary N) is 1. The van der Waals surface area contributed by atoms with Crippen molar-refractivity contribution in [3.63, 3.8) is 0 Å². The van der Waals surface area contributed by atoms with Gasteiger partial charge in [0.1, 0.15) is 17.8 Å². The van der Waals surface area contributed by atoms with E-state index in [1.807, 2.05) is 42.2 Å². The van der Waals surface area contributed by atoms with Crippen LogP contribution in [0.25, 0.3) is 0 Å². The third-order valence-corrected chi connectivity index (χ3v) is 5.62. The van der Waals surface area contributed by atoms with E-state index >= 15 is 0 Å². The smallest absolute Gasteiger partial charge is 0.266 e. The van der Waals surface area contributed by atoms with Crippen LogP contribution in [0.15, 0.2) is 53.1 Å². The number of anilines is 1. The molecule has 0 saturated heterocycles. The fourth-order valence-corrected chi connectivity index (χ4v) is 3.63. The first kappa shape index (κ1) is 20.0. The molecular formula is C23H25N3OS. The van der Waals surface area contributed by atoms with Crippen LogP contribution in [0.1, 0.15) is 49.2 Å². The molecule has 0 saturated carbocycles. The standard InChI is InChI=1S/C23H25N3OS/c1-14-6-11-18(12-15(14)2)26-20(25-21(27)19(13-24)22(26)28)16-7-9-17(10-8-16)23(3,4)5/h6-12,20,28H,1-5H3,(H,25,27). The van der Waals surface area contributed by atoms with Crippen molar-refractivity contribution in [3.8, 4) is 6.07 Å². The zero-order valence-corrected chi connectivity index (χ0v) is 17.8. The van der Waals surface area contributed by atoms with Crippen LogP contribution < -0.4 is 10.2 Å². The molecule has 0 radical (unpaired) electrons. The highest BCUT2D eigenvalue weighted by molar-refractivity contribution is 7.84. The van der Waals surface area contributed by atoms with Crippen LogP contribution in [0.2, 0.25) is 0 Å². The van der Waals surface area contributed by atoms with Gasteiger partial charge < -0.3 is 10.2 Å². The normalized spacial score (nSPS) is 17.4. The maximum atomic E-state index is 12.5. The number of carbonyl (C=O) groups is 1. The summed E-state index contributed by atoms with van der Waals surface area (Å²) in [6, 6.07) is 16.3. The largest absolute Gasteiger partial charge is 0.327 e. The minimum absolute atomic E-state index is 0.0177. The van der Waals surface area contributed by atoms with Crippen LogP contribution in [0.5, 0.6) is 0 Å². The van der Waals surface area contributed by atoms with E-state index in [-0.39, 0.29) is 11.0 Å². The van der Waals surface area contributed by atoms with E-state index < -0.39 is 12.1 Å². The third kappa shape index (κ3) is 3.65. The Morgan fingerprint density at radius 3 is 2.25 bits per heavy atom. The van der Waals surface area contributed by atoms with Crippen molar-refractivity contribution >= 4 is 24.2 Å². The minimum Gasteiger partial charge on any atom is -0.327 e. The molecule has 5 heteroatoms. The van der Waals surface area contributed by atoms with E-state index in [1.54, 1.807) is 0 Å². The highest BCUT2D eigenvalue weighted by Gasteiger charge is 2.34. The summed E-state index contributed by atoms with van der Waals surface area (Å²) in [6.45, 7) is 10.6. The Balaban J connectivity index is 2.12. The lowest BCUT2D eigenvalue weighted by atomic mass is 9.86. The van der Waals surface area contributed by atoms with Crippen LogP contribution >= 0.6 is 12.6 Å². The van der Waals surface area contributed by atoms with E-state index in [4.69, 9.17) is 0 Å². The van der Waals surface area contributed by atoms with Crippen molar-refractivity contribution in [2.75, 3.05) is 4.90 Å². The van der Waals surface area contributed by atoms with E-state index in [9.17, 15) is 10.1 Å². The van der Waals surface area contributed by atoms with Gasteiger partial charge in [-0.15, -0.1) is 12.6 Å². The lowest BCUT2D eigenvalue weighted by molar-refractivity contribution is -0.118. The van der Waals surface area contributed by atoms with Crippen LogP contribution in [0.3, 0.4) is 0 Å². The summed E-state index contributed by atoms with van der Waals surface area (Å²) in [5.41, 5.74) is 5.41. The molecule has 0 bridgehead atoms. The predicted molar refractivity (Wildman–Crippen MR) is 116 cm³/mol. The molecule has 0 aromatic heterocycles. The van der Waals surface area contributed by atoms with Crippen LogP contribution in [0, 0.1) is 25.2 Å². The van der Waals surface area contributed by atoms with E-state index in [0.717, 1.165) is 16.8 Å². The highest BCUT2D eigenvalue weighted by Crippen LogP contribution is 2.37. The summed E-state index contributed by atoms with van der Waals surface area (Å²) in [5, 5.41) is 12.8. The van der Waals surface area contributed by atoms with Crippen molar-refractivity contribution < 1.29 is 4.79 Å². The van der Waals surface area contributed by atoms with Crippen LogP contribution in [-0.4, -0.2) is 5.91 Å². The van der Waals surface area contributed by atoms with Crippen molar-refractivity contribution in [1.29, 1.82) is 5.26 Å². The molecule has 28 heavy (non-hydrogen) atoms. The van der Waals surface area contributed by atoms with Gasteiger partial charge in [-0.3, -0.25) is 4.79 Å². The first-order valence-corrected chi connectivity index (χ1v) is 9.69. The molecule has 3 rings (SSSR count). The van der Waals surface area contributed by atoms with E-state index in [0.29, 0.717) is 5.03 Å². The first-order valence-electron chi connectivity index (χ1n) is 9.24. The second-order valence-corrected chi connectivity index (χ2v) is 8.62. The second kappa shape index (κ2) is 7.37. The number of aryl methyl sites for hydroxylation is 2. The Hall–Kier alpha value is -2.71. The van der Waals surface area contributed by atoms with Gasteiger partial charge >= 0.3 is 0 Å². The number of hydrogen-bond acceptors (Lipinski definition) is 4. The van der Waals surface area contributed by atoms with E-state index in [1.165, 1.54) is 11.1 Å². The van der Waals surface area contributed by atoms with Gasteiger partial charge in [-0.1, -0.05) is 51.1 Å². The molecule has 1 aliphatic rings. The quantitative estimate of drug-likeness (QED) is 0.716. The Kier molecular flexibility index (Phi) is 5.27. The Bertz CT molecular complexity index is 994. The van der Waals surface area contributed by atoms with Gasteiger partial charge in [0.05, 0.1) is 5.03 Å². The van der Waals surface area contributed by atoms with Crippen molar-refractivity contribution in [2.24, 2.45) is 0 Å². The molecule has 1 atom stereocenters. The average Bonchev–Trinajstić information content (AvgIpc) is 2.63. The van der Waals surface area contributed by atoms with Crippen molar-refractivity contribution in [2.45, 2.75) is 46.2 Å². The number of carbonyl (C=O) groups excluding carboxylic acids is 1. The van der Waals surface area contributed by atoms with Gasteiger partial charge in [0.2, 0.25) is 0 Å². The molecule has 1 N–H and O–H groups in total. The molecule has 0 fully saturated rings. The van der Waals surface area contributed by atoms with Crippen LogP contribution in [0.4, 0.5) is 5.69 Å².